The van der Waals surface area contributed by atoms with Crippen molar-refractivity contribution in [1.29, 1.82) is 0 Å². The average molecular weight is 275 g/mol. The summed E-state index contributed by atoms with van der Waals surface area (Å²) in [7, 11) is 1.99. The van der Waals surface area contributed by atoms with Crippen molar-refractivity contribution in [1.82, 2.24) is 10.6 Å². The van der Waals surface area contributed by atoms with Gasteiger partial charge in [0.1, 0.15) is 0 Å². The van der Waals surface area contributed by atoms with E-state index in [-0.39, 0.29) is 5.91 Å². The predicted octanol–water partition coefficient (Wildman–Crippen LogP) is 2.07. The minimum atomic E-state index is 0.0765. The Balaban J connectivity index is 2.05. The smallest absolute Gasteiger partial charge is 0.217 e. The van der Waals surface area contributed by atoms with Crippen LogP contribution in [0.1, 0.15) is 38.3 Å². The molecule has 20 heavy (non-hydrogen) atoms. The molecule has 1 aromatic rings. The molecule has 1 unspecified atom stereocenters. The molecule has 1 fully saturated rings. The first kappa shape index (κ1) is 14.9. The predicted molar refractivity (Wildman–Crippen MR) is 83.0 cm³/mol. The highest BCUT2D eigenvalue weighted by Crippen LogP contribution is 2.28. The first-order chi connectivity index (χ1) is 9.61. The summed E-state index contributed by atoms with van der Waals surface area (Å²) in [5.74, 6) is 0.0765. The zero-order valence-corrected chi connectivity index (χ0v) is 12.6. The van der Waals surface area contributed by atoms with Crippen molar-refractivity contribution in [3.8, 4) is 0 Å². The summed E-state index contributed by atoms with van der Waals surface area (Å²) >= 11 is 0. The fraction of sp³-hybridized carbons (Fsp3) is 0.562. The van der Waals surface area contributed by atoms with Gasteiger partial charge in [0.05, 0.1) is 0 Å². The van der Waals surface area contributed by atoms with E-state index in [1.54, 1.807) is 6.92 Å². The molecule has 0 aliphatic carbocycles. The van der Waals surface area contributed by atoms with E-state index in [0.717, 1.165) is 25.9 Å². The van der Waals surface area contributed by atoms with Crippen LogP contribution in [-0.4, -0.2) is 32.1 Å². The highest BCUT2D eigenvalue weighted by molar-refractivity contribution is 5.73. The maximum absolute atomic E-state index is 11.1. The summed E-state index contributed by atoms with van der Waals surface area (Å²) in [4.78, 5) is 13.5. The maximum atomic E-state index is 11.1. The molecule has 1 saturated heterocycles. The molecular weight excluding hydrogens is 250 g/mol. The SMILES string of the molecule is CNC(C)c1ccccc1N1CCC(NC(C)=O)CC1. The van der Waals surface area contributed by atoms with Crippen molar-refractivity contribution < 1.29 is 4.79 Å². The molecule has 0 bridgehead atoms. The van der Waals surface area contributed by atoms with Crippen LogP contribution in [0.4, 0.5) is 5.69 Å². The summed E-state index contributed by atoms with van der Waals surface area (Å²) < 4.78 is 0. The van der Waals surface area contributed by atoms with Crippen molar-refractivity contribution in [2.24, 2.45) is 0 Å². The molecule has 4 heteroatoms. The second kappa shape index (κ2) is 6.75. The molecule has 0 radical (unpaired) electrons. The largest absolute Gasteiger partial charge is 0.371 e. The van der Waals surface area contributed by atoms with E-state index >= 15 is 0 Å². The van der Waals surface area contributed by atoms with Crippen LogP contribution in [0.5, 0.6) is 0 Å². The van der Waals surface area contributed by atoms with Gasteiger partial charge in [-0.25, -0.2) is 0 Å². The van der Waals surface area contributed by atoms with Crippen LogP contribution in [0.3, 0.4) is 0 Å². The van der Waals surface area contributed by atoms with Gasteiger partial charge >= 0.3 is 0 Å². The van der Waals surface area contributed by atoms with E-state index < -0.39 is 0 Å². The number of nitrogens with one attached hydrogen (secondary N) is 2. The molecule has 2 rings (SSSR count). The Morgan fingerprint density at radius 1 is 1.30 bits per heavy atom. The van der Waals surface area contributed by atoms with E-state index in [0.29, 0.717) is 12.1 Å². The number of rotatable bonds is 4. The highest BCUT2D eigenvalue weighted by Gasteiger charge is 2.22. The van der Waals surface area contributed by atoms with Crippen LogP contribution in [0.15, 0.2) is 24.3 Å². The molecule has 1 heterocycles. The Labute approximate surface area is 121 Å². The Morgan fingerprint density at radius 2 is 1.95 bits per heavy atom. The fourth-order valence-corrected chi connectivity index (χ4v) is 2.85. The van der Waals surface area contributed by atoms with Gasteiger partial charge in [0.25, 0.3) is 0 Å². The molecule has 0 aromatic heterocycles. The zero-order chi connectivity index (χ0) is 14.5. The lowest BCUT2D eigenvalue weighted by Crippen LogP contribution is -2.44. The van der Waals surface area contributed by atoms with E-state index in [4.69, 9.17) is 0 Å². The first-order valence-electron chi connectivity index (χ1n) is 7.40. The molecule has 0 saturated carbocycles. The second-order valence-corrected chi connectivity index (χ2v) is 5.53. The van der Waals surface area contributed by atoms with E-state index in [1.165, 1.54) is 11.3 Å². The molecule has 110 valence electrons. The van der Waals surface area contributed by atoms with Gasteiger partial charge in [-0.1, -0.05) is 18.2 Å². The van der Waals surface area contributed by atoms with Crippen molar-refractivity contribution >= 4 is 11.6 Å². The molecule has 2 N–H and O–H groups in total. The third-order valence-corrected chi connectivity index (χ3v) is 4.08. The normalized spacial score (nSPS) is 17.9. The van der Waals surface area contributed by atoms with Crippen LogP contribution in [0.2, 0.25) is 0 Å². The van der Waals surface area contributed by atoms with Gasteiger partial charge in [0.2, 0.25) is 5.91 Å². The number of nitrogens with zero attached hydrogens (tertiary/aromatic N) is 1. The second-order valence-electron chi connectivity index (χ2n) is 5.53. The standard InChI is InChI=1S/C16H25N3O/c1-12(17-3)15-6-4-5-7-16(15)19-10-8-14(9-11-19)18-13(2)20/h4-7,12,14,17H,8-11H2,1-3H3,(H,18,20). The summed E-state index contributed by atoms with van der Waals surface area (Å²) in [6.07, 6.45) is 2.03. The average Bonchev–Trinajstić information content (AvgIpc) is 2.46. The minimum absolute atomic E-state index is 0.0765. The van der Waals surface area contributed by atoms with Crippen molar-refractivity contribution in [2.45, 2.75) is 38.8 Å². The Bertz CT molecular complexity index is 453. The van der Waals surface area contributed by atoms with Gasteiger partial charge < -0.3 is 15.5 Å². The fourth-order valence-electron chi connectivity index (χ4n) is 2.85. The van der Waals surface area contributed by atoms with Crippen LogP contribution in [0, 0.1) is 0 Å². The monoisotopic (exact) mass is 275 g/mol. The topological polar surface area (TPSA) is 44.4 Å². The van der Waals surface area contributed by atoms with Crippen molar-refractivity contribution in [3.05, 3.63) is 29.8 Å². The number of hydrogen-bond acceptors (Lipinski definition) is 3. The van der Waals surface area contributed by atoms with Crippen molar-refractivity contribution in [3.63, 3.8) is 0 Å². The first-order valence-corrected chi connectivity index (χ1v) is 7.40. The summed E-state index contributed by atoms with van der Waals surface area (Å²) in [5, 5.41) is 6.34. The van der Waals surface area contributed by atoms with Crippen molar-refractivity contribution in [2.75, 3.05) is 25.0 Å². The van der Waals surface area contributed by atoms with E-state index in [9.17, 15) is 4.79 Å². The summed E-state index contributed by atoms with van der Waals surface area (Å²) in [6, 6.07) is 9.26. The Kier molecular flexibility index (Phi) is 5.01. The number of carbonyl (C=O) groups excluding carboxylic acids is 1. The molecule has 4 nitrogen and oxygen atoms in total. The lowest BCUT2D eigenvalue weighted by atomic mass is 10.0. The Hall–Kier alpha value is -1.55. The van der Waals surface area contributed by atoms with Gasteiger partial charge in [-0.05, 0) is 38.4 Å². The highest BCUT2D eigenvalue weighted by atomic mass is 16.1. The van der Waals surface area contributed by atoms with E-state index in [1.807, 2.05) is 7.05 Å². The van der Waals surface area contributed by atoms with Crippen LogP contribution in [-0.2, 0) is 4.79 Å². The lowest BCUT2D eigenvalue weighted by Gasteiger charge is -2.35. The summed E-state index contributed by atoms with van der Waals surface area (Å²) in [6.45, 7) is 5.77. The third kappa shape index (κ3) is 3.51. The number of piperidine rings is 1. The van der Waals surface area contributed by atoms with Gasteiger partial charge in [-0.15, -0.1) is 0 Å². The van der Waals surface area contributed by atoms with Gasteiger partial charge in [0, 0.05) is 37.8 Å². The number of hydrogen-bond donors (Lipinski definition) is 2. The quantitative estimate of drug-likeness (QED) is 0.884. The molecule has 1 aromatic carbocycles. The Morgan fingerprint density at radius 3 is 2.55 bits per heavy atom. The molecule has 0 spiro atoms. The zero-order valence-electron chi connectivity index (χ0n) is 12.6. The minimum Gasteiger partial charge on any atom is -0.371 e. The van der Waals surface area contributed by atoms with Gasteiger partial charge in [-0.2, -0.15) is 0 Å². The number of para-hydroxylation sites is 1. The van der Waals surface area contributed by atoms with Gasteiger partial charge in [-0.3, -0.25) is 4.79 Å². The number of amides is 1. The molecule has 1 aliphatic heterocycles. The number of anilines is 1. The summed E-state index contributed by atoms with van der Waals surface area (Å²) in [5.41, 5.74) is 2.66. The van der Waals surface area contributed by atoms with E-state index in [2.05, 4.69) is 46.7 Å². The van der Waals surface area contributed by atoms with Crippen LogP contribution >= 0.6 is 0 Å². The molecule has 1 amide bonds. The molecule has 1 atom stereocenters. The number of benzene rings is 1. The van der Waals surface area contributed by atoms with Crippen LogP contribution in [0.25, 0.3) is 0 Å². The third-order valence-electron chi connectivity index (χ3n) is 4.08. The lowest BCUT2D eigenvalue weighted by molar-refractivity contribution is -0.119. The number of carbonyl (C=O) groups is 1. The van der Waals surface area contributed by atoms with Crippen LogP contribution < -0.4 is 15.5 Å². The van der Waals surface area contributed by atoms with Gasteiger partial charge in [0.15, 0.2) is 0 Å². The molecule has 1 aliphatic rings. The maximum Gasteiger partial charge on any atom is 0.217 e. The molecular formula is C16H25N3O.